The molecule has 242 valence electrons. The maximum Gasteiger partial charge on any atom is 0.416 e. The van der Waals surface area contributed by atoms with Crippen molar-refractivity contribution < 1.29 is 27.5 Å². The third kappa shape index (κ3) is 11.7. The van der Waals surface area contributed by atoms with Gasteiger partial charge in [-0.1, -0.05) is 47.3 Å². The van der Waals surface area contributed by atoms with Crippen LogP contribution in [0, 0.1) is 18.8 Å². The molecule has 0 saturated carbocycles. The van der Waals surface area contributed by atoms with Crippen LogP contribution in [0.1, 0.15) is 63.4 Å². The predicted molar refractivity (Wildman–Crippen MR) is 169 cm³/mol. The van der Waals surface area contributed by atoms with Crippen molar-refractivity contribution in [1.82, 2.24) is 15.1 Å². The van der Waals surface area contributed by atoms with Crippen molar-refractivity contribution in [2.45, 2.75) is 60.7 Å². The minimum absolute atomic E-state index is 0. The molecule has 1 heterocycles. The molecule has 1 unspecified atom stereocenters. The molecule has 1 N–H and O–H groups in total. The first kappa shape index (κ1) is 37.8. The van der Waals surface area contributed by atoms with Gasteiger partial charge in [0.1, 0.15) is 5.75 Å². The molecular formula is C33H51F3N4O3. The number of nitrogens with zero attached hydrogens (tertiary/aromatic N) is 3. The lowest BCUT2D eigenvalue weighted by Crippen LogP contribution is -2.46. The molecule has 1 atom stereocenters. The summed E-state index contributed by atoms with van der Waals surface area (Å²) in [7, 11) is 5.25. The average Bonchev–Trinajstić information content (AvgIpc) is 2.91. The van der Waals surface area contributed by atoms with Crippen molar-refractivity contribution in [3.63, 3.8) is 0 Å². The SMILES string of the molecule is C.CC(C)C(NC(=O)CN(C)C)c1cc(C(F)(F)F)ccc1N1CCN(C=O)CC1.COc1cc(C)ccc1CC(C)C. The maximum atomic E-state index is 13.4. The number of aryl methyl sites for hydroxylation is 1. The molecule has 1 fully saturated rings. The molecule has 1 aliphatic rings. The van der Waals surface area contributed by atoms with Gasteiger partial charge in [-0.3, -0.25) is 9.59 Å². The summed E-state index contributed by atoms with van der Waals surface area (Å²) in [4.78, 5) is 28.6. The standard InChI is InChI=1S/C20H29F3N4O2.C12H18O.CH4/c1-14(2)19(24-18(29)12-25(3)4)16-11-15(20(21,22)23)5-6-17(16)27-9-7-26(13-28)8-10-27;1-9(2)7-11-6-5-10(3)8-12(11)13-4;/h5-6,11,13-14,19H,7-10,12H2,1-4H3,(H,24,29);5-6,8-9H,7H2,1-4H3;1H4. The number of amides is 2. The Kier molecular flexibility index (Phi) is 15.0. The number of methoxy groups -OCH3 is 1. The van der Waals surface area contributed by atoms with Gasteiger partial charge in [0.15, 0.2) is 0 Å². The Bertz CT molecular complexity index is 1160. The number of alkyl halides is 3. The molecule has 2 amide bonds. The van der Waals surface area contributed by atoms with Crippen molar-refractivity contribution in [2.75, 3.05) is 58.8 Å². The third-order valence-corrected chi connectivity index (χ3v) is 7.01. The first-order valence-corrected chi connectivity index (χ1v) is 14.4. The Labute approximate surface area is 256 Å². The topological polar surface area (TPSA) is 65.1 Å². The zero-order valence-electron chi connectivity index (χ0n) is 26.2. The zero-order chi connectivity index (χ0) is 31.6. The number of ether oxygens (including phenoxy) is 1. The van der Waals surface area contributed by atoms with Crippen molar-refractivity contribution >= 4 is 18.0 Å². The van der Waals surface area contributed by atoms with E-state index in [1.54, 1.807) is 31.0 Å². The molecule has 0 aromatic heterocycles. The van der Waals surface area contributed by atoms with Crippen LogP contribution >= 0.6 is 0 Å². The van der Waals surface area contributed by atoms with Crippen LogP contribution in [0.2, 0.25) is 0 Å². The summed E-state index contributed by atoms with van der Waals surface area (Å²) in [5, 5.41) is 2.90. The van der Waals surface area contributed by atoms with Gasteiger partial charge < -0.3 is 24.8 Å². The molecular weight excluding hydrogens is 557 g/mol. The summed E-state index contributed by atoms with van der Waals surface area (Å²) < 4.78 is 45.5. The Morgan fingerprint density at radius 3 is 2.16 bits per heavy atom. The van der Waals surface area contributed by atoms with E-state index in [1.165, 1.54) is 17.2 Å². The highest BCUT2D eigenvalue weighted by Crippen LogP contribution is 2.37. The van der Waals surface area contributed by atoms with Crippen LogP contribution in [-0.4, -0.2) is 76.0 Å². The Morgan fingerprint density at radius 2 is 1.67 bits per heavy atom. The summed E-state index contributed by atoms with van der Waals surface area (Å²) in [6.07, 6.45) is -2.61. The van der Waals surface area contributed by atoms with Gasteiger partial charge in [0, 0.05) is 31.9 Å². The molecule has 0 bridgehead atoms. The Balaban J connectivity index is 0.000000554. The van der Waals surface area contributed by atoms with E-state index in [2.05, 4.69) is 44.3 Å². The van der Waals surface area contributed by atoms with Crippen LogP contribution in [0.4, 0.5) is 18.9 Å². The van der Waals surface area contributed by atoms with Gasteiger partial charge in [-0.25, -0.2) is 0 Å². The van der Waals surface area contributed by atoms with Crippen LogP contribution < -0.4 is 15.0 Å². The quantitative estimate of drug-likeness (QED) is 0.326. The summed E-state index contributed by atoms with van der Waals surface area (Å²) in [6, 6.07) is 9.52. The van der Waals surface area contributed by atoms with E-state index in [0.717, 1.165) is 30.7 Å². The lowest BCUT2D eigenvalue weighted by atomic mass is 9.92. The molecule has 2 aromatic carbocycles. The molecule has 7 nitrogen and oxygen atoms in total. The minimum Gasteiger partial charge on any atom is -0.496 e. The number of anilines is 1. The van der Waals surface area contributed by atoms with E-state index in [-0.39, 0.29) is 25.8 Å². The predicted octanol–water partition coefficient (Wildman–Crippen LogP) is 6.20. The number of carbonyl (C=O) groups excluding carboxylic acids is 2. The van der Waals surface area contributed by atoms with E-state index in [1.807, 2.05) is 18.7 Å². The highest BCUT2D eigenvalue weighted by molar-refractivity contribution is 5.79. The van der Waals surface area contributed by atoms with Gasteiger partial charge in [-0.15, -0.1) is 0 Å². The lowest BCUT2D eigenvalue weighted by Gasteiger charge is -2.37. The largest absolute Gasteiger partial charge is 0.496 e. The molecule has 1 aliphatic heterocycles. The van der Waals surface area contributed by atoms with Crippen LogP contribution in [-0.2, 0) is 22.2 Å². The summed E-state index contributed by atoms with van der Waals surface area (Å²) in [5.74, 6) is 1.34. The van der Waals surface area contributed by atoms with E-state index in [4.69, 9.17) is 4.74 Å². The fourth-order valence-electron chi connectivity index (χ4n) is 4.91. The van der Waals surface area contributed by atoms with Crippen LogP contribution in [0.15, 0.2) is 36.4 Å². The second kappa shape index (κ2) is 17.1. The highest BCUT2D eigenvalue weighted by atomic mass is 19.4. The lowest BCUT2D eigenvalue weighted by molar-refractivity contribution is -0.137. The van der Waals surface area contributed by atoms with Gasteiger partial charge in [0.25, 0.3) is 0 Å². The van der Waals surface area contributed by atoms with E-state index in [9.17, 15) is 22.8 Å². The van der Waals surface area contributed by atoms with Crippen LogP contribution in [0.3, 0.4) is 0 Å². The van der Waals surface area contributed by atoms with E-state index in [0.29, 0.717) is 43.3 Å². The van der Waals surface area contributed by atoms with Gasteiger partial charge in [0.05, 0.1) is 25.3 Å². The molecule has 3 rings (SSSR count). The second-order valence-corrected chi connectivity index (χ2v) is 11.8. The molecule has 1 saturated heterocycles. The Hall–Kier alpha value is -3.27. The number of rotatable bonds is 10. The summed E-state index contributed by atoms with van der Waals surface area (Å²) in [5.41, 5.74) is 2.93. The number of nitrogens with one attached hydrogen (secondary N) is 1. The average molecular weight is 609 g/mol. The number of hydrogen-bond donors (Lipinski definition) is 1. The fourth-order valence-corrected chi connectivity index (χ4v) is 4.91. The first-order valence-electron chi connectivity index (χ1n) is 14.4. The number of hydrogen-bond acceptors (Lipinski definition) is 5. The molecule has 0 radical (unpaired) electrons. The number of piperazine rings is 1. The van der Waals surface area contributed by atoms with Crippen molar-refractivity contribution in [3.05, 3.63) is 58.7 Å². The van der Waals surface area contributed by atoms with Gasteiger partial charge in [-0.05, 0) is 80.2 Å². The van der Waals surface area contributed by atoms with Crippen LogP contribution in [0.25, 0.3) is 0 Å². The van der Waals surface area contributed by atoms with Crippen LogP contribution in [0.5, 0.6) is 5.75 Å². The van der Waals surface area contributed by atoms with Gasteiger partial charge in [0.2, 0.25) is 12.3 Å². The number of likely N-dealkylation sites (N-methyl/N-ethyl adjacent to an activating group) is 1. The monoisotopic (exact) mass is 608 g/mol. The Morgan fingerprint density at radius 1 is 1.05 bits per heavy atom. The fraction of sp³-hybridized carbons (Fsp3) is 0.576. The van der Waals surface area contributed by atoms with Crippen molar-refractivity contribution in [2.24, 2.45) is 11.8 Å². The minimum atomic E-state index is -4.47. The molecule has 2 aromatic rings. The van der Waals surface area contributed by atoms with Crippen molar-refractivity contribution in [3.8, 4) is 5.75 Å². The summed E-state index contributed by atoms with van der Waals surface area (Å²) in [6.45, 7) is 12.5. The molecule has 43 heavy (non-hydrogen) atoms. The molecule has 0 spiro atoms. The third-order valence-electron chi connectivity index (χ3n) is 7.01. The van der Waals surface area contributed by atoms with E-state index >= 15 is 0 Å². The van der Waals surface area contributed by atoms with Crippen molar-refractivity contribution in [1.29, 1.82) is 0 Å². The number of benzene rings is 2. The zero-order valence-corrected chi connectivity index (χ0v) is 26.2. The number of carbonyl (C=O) groups is 2. The normalized spacial score (nSPS) is 14.2. The number of halogens is 3. The maximum absolute atomic E-state index is 13.4. The smallest absolute Gasteiger partial charge is 0.416 e. The van der Waals surface area contributed by atoms with Gasteiger partial charge >= 0.3 is 6.18 Å². The first-order chi connectivity index (χ1) is 19.7. The van der Waals surface area contributed by atoms with E-state index < -0.39 is 17.8 Å². The van der Waals surface area contributed by atoms with Gasteiger partial charge in [-0.2, -0.15) is 13.2 Å². The summed E-state index contributed by atoms with van der Waals surface area (Å²) >= 11 is 0. The highest BCUT2D eigenvalue weighted by Gasteiger charge is 2.34. The molecule has 10 heteroatoms. The second-order valence-electron chi connectivity index (χ2n) is 11.8. The molecule has 0 aliphatic carbocycles.